The molecular formula is C19H22ClN5O2S. The molecule has 0 radical (unpaired) electrons. The lowest BCUT2D eigenvalue weighted by Gasteiger charge is -2.44. The number of hydrogen-bond acceptors (Lipinski definition) is 6. The number of rotatable bonds is 6. The van der Waals surface area contributed by atoms with Crippen LogP contribution in [-0.4, -0.2) is 49.6 Å². The van der Waals surface area contributed by atoms with Crippen molar-refractivity contribution in [2.75, 3.05) is 12.8 Å². The van der Waals surface area contributed by atoms with E-state index in [4.69, 9.17) is 11.6 Å². The Balaban J connectivity index is 1.57. The van der Waals surface area contributed by atoms with Crippen molar-refractivity contribution < 1.29 is 9.59 Å². The molecule has 2 aliphatic carbocycles. The van der Waals surface area contributed by atoms with Crippen LogP contribution in [0, 0.1) is 0 Å². The van der Waals surface area contributed by atoms with E-state index in [-0.39, 0.29) is 17.4 Å². The second-order valence-corrected chi connectivity index (χ2v) is 8.70. The van der Waals surface area contributed by atoms with E-state index in [2.05, 4.69) is 15.5 Å². The molecule has 0 aliphatic heterocycles. The standard InChI is InChI=1S/C19H22ClN5O2S/c1-24(17(27)12-28-18-21-22-23-25(18)13-9-10-13)19(11-5-4-8-16(19)26)14-6-2-3-7-15(14)20/h2-3,6-7,13H,4-5,8-12H2,1H3. The molecule has 0 spiro atoms. The van der Waals surface area contributed by atoms with Gasteiger partial charge in [0.05, 0.1) is 11.8 Å². The van der Waals surface area contributed by atoms with Crippen molar-refractivity contribution in [3.8, 4) is 0 Å². The van der Waals surface area contributed by atoms with Gasteiger partial charge in [-0.15, -0.1) is 5.10 Å². The number of hydrogen-bond donors (Lipinski definition) is 0. The zero-order valence-electron chi connectivity index (χ0n) is 15.7. The lowest BCUT2D eigenvalue weighted by molar-refractivity contribution is -0.146. The Morgan fingerprint density at radius 1 is 1.36 bits per heavy atom. The van der Waals surface area contributed by atoms with Crippen LogP contribution >= 0.6 is 23.4 Å². The SMILES string of the molecule is CN(C(=O)CSc1nnnn1C1CC1)C1(c2ccccc2Cl)CCCCC1=O. The van der Waals surface area contributed by atoms with Crippen molar-refractivity contribution in [2.45, 2.75) is 55.3 Å². The summed E-state index contributed by atoms with van der Waals surface area (Å²) in [7, 11) is 1.71. The van der Waals surface area contributed by atoms with E-state index in [0.717, 1.165) is 25.7 Å². The van der Waals surface area contributed by atoms with Crippen LogP contribution in [0.5, 0.6) is 0 Å². The van der Waals surface area contributed by atoms with Gasteiger partial charge in [0.25, 0.3) is 0 Å². The predicted molar refractivity (Wildman–Crippen MR) is 106 cm³/mol. The molecule has 9 heteroatoms. The van der Waals surface area contributed by atoms with Crippen LogP contribution in [0.1, 0.15) is 50.1 Å². The molecule has 1 amide bonds. The maximum Gasteiger partial charge on any atom is 0.233 e. The number of likely N-dealkylation sites (N-methyl/N-ethyl adjacent to an activating group) is 1. The van der Waals surface area contributed by atoms with Crippen molar-refractivity contribution in [3.05, 3.63) is 34.9 Å². The third-order valence-corrected chi connectivity index (χ3v) is 6.85. The fourth-order valence-electron chi connectivity index (χ4n) is 3.89. The van der Waals surface area contributed by atoms with Crippen LogP contribution in [0.3, 0.4) is 0 Å². The van der Waals surface area contributed by atoms with Crippen LogP contribution in [0.15, 0.2) is 29.4 Å². The minimum atomic E-state index is -1.00. The van der Waals surface area contributed by atoms with Crippen LogP contribution in [0.4, 0.5) is 0 Å². The molecule has 2 aliphatic rings. The van der Waals surface area contributed by atoms with E-state index >= 15 is 0 Å². The van der Waals surface area contributed by atoms with Gasteiger partial charge >= 0.3 is 0 Å². The second kappa shape index (κ2) is 7.83. The van der Waals surface area contributed by atoms with Gasteiger partial charge in [0, 0.05) is 24.1 Å². The molecule has 1 aromatic carbocycles. The number of halogens is 1. The van der Waals surface area contributed by atoms with Crippen molar-refractivity contribution >= 4 is 35.1 Å². The average Bonchev–Trinajstić information content (AvgIpc) is 3.44. The summed E-state index contributed by atoms with van der Waals surface area (Å²) in [5, 5.41) is 12.9. The highest BCUT2D eigenvalue weighted by molar-refractivity contribution is 7.99. The molecule has 0 bridgehead atoms. The first-order chi connectivity index (χ1) is 13.5. The molecule has 4 rings (SSSR count). The molecular weight excluding hydrogens is 398 g/mol. The summed E-state index contributed by atoms with van der Waals surface area (Å²) in [6.07, 6.45) is 4.89. The Bertz CT molecular complexity index is 900. The molecule has 0 saturated heterocycles. The number of amides is 1. The molecule has 1 heterocycles. The number of ketones is 1. The second-order valence-electron chi connectivity index (χ2n) is 7.35. The lowest BCUT2D eigenvalue weighted by atomic mass is 9.74. The summed E-state index contributed by atoms with van der Waals surface area (Å²) in [6.45, 7) is 0. The maximum absolute atomic E-state index is 13.1. The predicted octanol–water partition coefficient (Wildman–Crippen LogP) is 3.25. The molecule has 7 nitrogen and oxygen atoms in total. The van der Waals surface area contributed by atoms with Crippen LogP contribution < -0.4 is 0 Å². The van der Waals surface area contributed by atoms with Gasteiger partial charge in [-0.05, 0) is 48.6 Å². The topological polar surface area (TPSA) is 81.0 Å². The van der Waals surface area contributed by atoms with Gasteiger partial charge in [0.2, 0.25) is 11.1 Å². The molecule has 2 fully saturated rings. The molecule has 0 N–H and O–H groups in total. The molecule has 1 unspecified atom stereocenters. The number of Topliss-reactive ketones (excluding diaryl/α,β-unsaturated/α-hetero) is 1. The van der Waals surface area contributed by atoms with Gasteiger partial charge in [0.15, 0.2) is 5.78 Å². The van der Waals surface area contributed by atoms with E-state index in [9.17, 15) is 9.59 Å². The number of thioether (sulfide) groups is 1. The Morgan fingerprint density at radius 3 is 2.86 bits per heavy atom. The first-order valence-corrected chi connectivity index (χ1v) is 10.9. The third-order valence-electron chi connectivity index (χ3n) is 5.60. The Morgan fingerprint density at radius 2 is 2.14 bits per heavy atom. The number of aromatic nitrogens is 4. The quantitative estimate of drug-likeness (QED) is 0.668. The highest BCUT2D eigenvalue weighted by Crippen LogP contribution is 2.42. The van der Waals surface area contributed by atoms with Gasteiger partial charge in [-0.1, -0.05) is 41.6 Å². The summed E-state index contributed by atoms with van der Waals surface area (Å²) in [5.74, 6) is 0.0873. The molecule has 28 heavy (non-hydrogen) atoms. The Kier molecular flexibility index (Phi) is 5.42. The molecule has 1 atom stereocenters. The van der Waals surface area contributed by atoms with Crippen molar-refractivity contribution in [3.63, 3.8) is 0 Å². The van der Waals surface area contributed by atoms with Crippen LogP contribution in [0.25, 0.3) is 0 Å². The number of carbonyl (C=O) groups is 2. The normalized spacial score (nSPS) is 22.3. The van der Waals surface area contributed by atoms with E-state index in [1.165, 1.54) is 11.8 Å². The van der Waals surface area contributed by atoms with Crippen LogP contribution in [-0.2, 0) is 15.1 Å². The summed E-state index contributed by atoms with van der Waals surface area (Å²) in [4.78, 5) is 27.8. The average molecular weight is 420 g/mol. The summed E-state index contributed by atoms with van der Waals surface area (Å²) in [6, 6.07) is 7.68. The first-order valence-electron chi connectivity index (χ1n) is 9.49. The van der Waals surface area contributed by atoms with Gasteiger partial charge in [-0.25, -0.2) is 4.68 Å². The summed E-state index contributed by atoms with van der Waals surface area (Å²) < 4.78 is 1.79. The Labute approximate surface area is 172 Å². The summed E-state index contributed by atoms with van der Waals surface area (Å²) >= 11 is 7.77. The van der Waals surface area contributed by atoms with Gasteiger partial charge in [0.1, 0.15) is 5.54 Å². The van der Waals surface area contributed by atoms with E-state index in [1.807, 2.05) is 18.2 Å². The fraction of sp³-hybridized carbons (Fsp3) is 0.526. The molecule has 148 valence electrons. The molecule has 2 aromatic rings. The van der Waals surface area contributed by atoms with Crippen molar-refractivity contribution in [1.82, 2.24) is 25.1 Å². The number of tetrazole rings is 1. The number of benzene rings is 1. The number of nitrogens with zero attached hydrogens (tertiary/aromatic N) is 5. The highest BCUT2D eigenvalue weighted by atomic mass is 35.5. The van der Waals surface area contributed by atoms with Crippen molar-refractivity contribution in [1.29, 1.82) is 0 Å². The van der Waals surface area contributed by atoms with Crippen LogP contribution in [0.2, 0.25) is 5.02 Å². The van der Waals surface area contributed by atoms with Crippen molar-refractivity contribution in [2.24, 2.45) is 0 Å². The lowest BCUT2D eigenvalue weighted by Crippen LogP contribution is -2.54. The minimum absolute atomic E-state index is 0.0514. The van der Waals surface area contributed by atoms with E-state index < -0.39 is 5.54 Å². The monoisotopic (exact) mass is 419 g/mol. The first kappa shape index (κ1) is 19.4. The highest BCUT2D eigenvalue weighted by Gasteiger charge is 2.47. The zero-order valence-corrected chi connectivity index (χ0v) is 17.2. The minimum Gasteiger partial charge on any atom is -0.328 e. The van der Waals surface area contributed by atoms with Gasteiger partial charge < -0.3 is 4.90 Å². The fourth-order valence-corrected chi connectivity index (χ4v) is 5.04. The molecule has 1 aromatic heterocycles. The molecule has 2 saturated carbocycles. The summed E-state index contributed by atoms with van der Waals surface area (Å²) in [5.41, 5.74) is -0.290. The number of carbonyl (C=O) groups excluding carboxylic acids is 2. The zero-order chi connectivity index (χ0) is 19.7. The van der Waals surface area contributed by atoms with Gasteiger partial charge in [-0.3, -0.25) is 9.59 Å². The Hall–Kier alpha value is -1.93. The van der Waals surface area contributed by atoms with Gasteiger partial charge in [-0.2, -0.15) is 0 Å². The third kappa shape index (κ3) is 3.43. The van der Waals surface area contributed by atoms with E-state index in [0.29, 0.717) is 34.6 Å². The smallest absolute Gasteiger partial charge is 0.233 e. The van der Waals surface area contributed by atoms with E-state index in [1.54, 1.807) is 22.7 Å². The maximum atomic E-state index is 13.1. The largest absolute Gasteiger partial charge is 0.328 e.